The molecule has 33 heavy (non-hydrogen) atoms. The van der Waals surface area contributed by atoms with E-state index in [1.165, 1.54) is 5.57 Å². The Labute approximate surface area is 197 Å². The van der Waals surface area contributed by atoms with Gasteiger partial charge in [-0.1, -0.05) is 47.6 Å². The zero-order valence-electron chi connectivity index (χ0n) is 20.5. The van der Waals surface area contributed by atoms with Gasteiger partial charge in [-0.2, -0.15) is 0 Å². The van der Waals surface area contributed by atoms with Gasteiger partial charge in [-0.15, -0.1) is 0 Å². The zero-order valence-corrected chi connectivity index (χ0v) is 20.5. The Morgan fingerprint density at radius 3 is 2.36 bits per heavy atom. The number of pyridine rings is 1. The van der Waals surface area contributed by atoms with E-state index in [2.05, 4.69) is 15.6 Å². The third kappa shape index (κ3) is 9.73. The Balaban J connectivity index is 2.04. The number of nitrogens with zero attached hydrogens (tertiary/aromatic N) is 1. The molecule has 0 aliphatic rings. The van der Waals surface area contributed by atoms with Gasteiger partial charge in [0.1, 0.15) is 5.60 Å². The second kappa shape index (κ2) is 12.0. The first kappa shape index (κ1) is 25.8. The Morgan fingerprint density at radius 1 is 1.00 bits per heavy atom. The van der Waals surface area contributed by atoms with Crippen LogP contribution in [0.1, 0.15) is 68.6 Å². The molecule has 0 spiro atoms. The van der Waals surface area contributed by atoms with E-state index < -0.39 is 11.7 Å². The molecule has 6 nitrogen and oxygen atoms in total. The maximum Gasteiger partial charge on any atom is 0.407 e. The molecular weight excluding hydrogens is 414 g/mol. The highest BCUT2D eigenvalue weighted by atomic mass is 16.6. The van der Waals surface area contributed by atoms with Crippen molar-refractivity contribution >= 4 is 12.0 Å². The Bertz CT molecular complexity index is 1030. The maximum absolute atomic E-state index is 12.6. The van der Waals surface area contributed by atoms with Gasteiger partial charge in [-0.3, -0.25) is 9.78 Å². The fraction of sp³-hybridized carbons (Fsp3) is 0.370. The van der Waals surface area contributed by atoms with E-state index in [9.17, 15) is 9.59 Å². The van der Waals surface area contributed by atoms with E-state index in [4.69, 9.17) is 4.74 Å². The lowest BCUT2D eigenvalue weighted by Gasteiger charge is -2.20. The maximum atomic E-state index is 12.6. The van der Waals surface area contributed by atoms with Crippen LogP contribution < -0.4 is 10.6 Å². The molecule has 0 radical (unpaired) electrons. The number of amides is 2. The van der Waals surface area contributed by atoms with Crippen LogP contribution in [0.3, 0.4) is 0 Å². The van der Waals surface area contributed by atoms with Crippen LogP contribution in [-0.2, 0) is 17.7 Å². The molecule has 1 aromatic carbocycles. The molecule has 2 amide bonds. The van der Waals surface area contributed by atoms with E-state index >= 15 is 0 Å². The molecule has 1 heterocycles. The summed E-state index contributed by atoms with van der Waals surface area (Å²) in [5, 5.41) is 5.74. The predicted octanol–water partition coefficient (Wildman–Crippen LogP) is 5.34. The second-order valence-electron chi connectivity index (χ2n) is 9.32. The van der Waals surface area contributed by atoms with Crippen molar-refractivity contribution in [1.82, 2.24) is 15.6 Å². The minimum Gasteiger partial charge on any atom is -0.444 e. The van der Waals surface area contributed by atoms with Gasteiger partial charge in [0.2, 0.25) is 0 Å². The largest absolute Gasteiger partial charge is 0.444 e. The Hall–Kier alpha value is -3.41. The average molecular weight is 450 g/mol. The lowest BCUT2D eigenvalue weighted by atomic mass is 10.00. The lowest BCUT2D eigenvalue weighted by molar-refractivity contribution is 0.0523. The Kier molecular flexibility index (Phi) is 9.40. The fourth-order valence-corrected chi connectivity index (χ4v) is 3.00. The van der Waals surface area contributed by atoms with Crippen LogP contribution >= 0.6 is 0 Å². The van der Waals surface area contributed by atoms with Crippen LogP contribution in [0, 0.1) is 0 Å². The topological polar surface area (TPSA) is 80.3 Å². The number of ether oxygens (including phenoxy) is 1. The molecule has 6 heteroatoms. The smallest absolute Gasteiger partial charge is 0.407 e. The Morgan fingerprint density at radius 2 is 1.70 bits per heavy atom. The number of nitrogens with one attached hydrogen (secondary N) is 2. The molecule has 0 bridgehead atoms. The van der Waals surface area contributed by atoms with Crippen LogP contribution in [-0.4, -0.2) is 29.1 Å². The highest BCUT2D eigenvalue weighted by molar-refractivity contribution is 5.94. The average Bonchev–Trinajstić information content (AvgIpc) is 2.74. The number of carbonyl (C=O) groups excluding carboxylic acids is 2. The first-order valence-corrected chi connectivity index (χ1v) is 11.1. The van der Waals surface area contributed by atoms with Gasteiger partial charge < -0.3 is 15.4 Å². The van der Waals surface area contributed by atoms with Crippen molar-refractivity contribution in [3.63, 3.8) is 0 Å². The standard InChI is InChI=1S/C27H35N3O3/c1-19(2)11-12-20(3)15-29-25(31)24-14-21(16-28-17-24)13-22-9-7-8-10-23(22)18-30-26(32)33-27(4,5)6/h7-12,14,16-17H,13,15,18H2,1-6H3,(H,29,31)(H,30,32)/b20-12+. The molecule has 0 aliphatic heterocycles. The van der Waals surface area contributed by atoms with Gasteiger partial charge in [0.05, 0.1) is 5.56 Å². The molecule has 0 saturated heterocycles. The number of benzene rings is 1. The number of allylic oxidation sites excluding steroid dienone is 3. The van der Waals surface area contributed by atoms with Crippen molar-refractivity contribution in [2.75, 3.05) is 6.54 Å². The molecule has 0 saturated carbocycles. The summed E-state index contributed by atoms with van der Waals surface area (Å²) in [5.41, 5.74) is 5.21. The number of hydrogen-bond acceptors (Lipinski definition) is 4. The van der Waals surface area contributed by atoms with Crippen molar-refractivity contribution in [2.24, 2.45) is 0 Å². The van der Waals surface area contributed by atoms with Gasteiger partial charge in [0, 0.05) is 25.5 Å². The first-order valence-electron chi connectivity index (χ1n) is 11.1. The van der Waals surface area contributed by atoms with Gasteiger partial charge in [-0.05, 0) is 70.7 Å². The minimum atomic E-state index is -0.545. The van der Waals surface area contributed by atoms with E-state index in [0.717, 1.165) is 22.3 Å². The number of hydrogen-bond donors (Lipinski definition) is 2. The van der Waals surface area contributed by atoms with E-state index in [1.54, 1.807) is 12.4 Å². The van der Waals surface area contributed by atoms with Crippen LogP contribution in [0.25, 0.3) is 0 Å². The van der Waals surface area contributed by atoms with Crippen LogP contribution in [0.15, 0.2) is 66.0 Å². The summed E-state index contributed by atoms with van der Waals surface area (Å²) in [6.07, 6.45) is 7.51. The van der Waals surface area contributed by atoms with Crippen LogP contribution in [0.5, 0.6) is 0 Å². The fourth-order valence-electron chi connectivity index (χ4n) is 3.00. The SMILES string of the molecule is CC(C)=C/C=C(\C)CNC(=O)c1cncc(Cc2ccccc2CNC(=O)OC(C)(C)C)c1. The molecule has 2 N–H and O–H groups in total. The summed E-state index contributed by atoms with van der Waals surface area (Å²) in [4.78, 5) is 28.9. The van der Waals surface area contributed by atoms with E-state index in [0.29, 0.717) is 25.1 Å². The molecule has 0 aliphatic carbocycles. The summed E-state index contributed by atoms with van der Waals surface area (Å²) in [6, 6.07) is 9.73. The number of aromatic nitrogens is 1. The van der Waals surface area contributed by atoms with Gasteiger partial charge >= 0.3 is 6.09 Å². The highest BCUT2D eigenvalue weighted by Crippen LogP contribution is 2.16. The number of carbonyl (C=O) groups is 2. The first-order chi connectivity index (χ1) is 15.5. The van der Waals surface area contributed by atoms with E-state index in [1.807, 2.05) is 84.0 Å². The van der Waals surface area contributed by atoms with Crippen LogP contribution in [0.4, 0.5) is 4.79 Å². The van der Waals surface area contributed by atoms with Crippen molar-refractivity contribution < 1.29 is 14.3 Å². The molecule has 0 fully saturated rings. The molecule has 2 aromatic rings. The third-order valence-electron chi connectivity index (χ3n) is 4.62. The van der Waals surface area contributed by atoms with E-state index in [-0.39, 0.29) is 5.91 Å². The summed E-state index contributed by atoms with van der Waals surface area (Å²) in [6.45, 7) is 12.4. The summed E-state index contributed by atoms with van der Waals surface area (Å²) in [7, 11) is 0. The zero-order chi connectivity index (χ0) is 24.4. The van der Waals surface area contributed by atoms with Crippen molar-refractivity contribution in [3.8, 4) is 0 Å². The quantitative estimate of drug-likeness (QED) is 0.533. The lowest BCUT2D eigenvalue weighted by Crippen LogP contribution is -2.32. The second-order valence-corrected chi connectivity index (χ2v) is 9.32. The normalized spacial score (nSPS) is 11.5. The molecule has 1 aromatic heterocycles. The van der Waals surface area contributed by atoms with Crippen molar-refractivity contribution in [2.45, 2.75) is 60.1 Å². The summed E-state index contributed by atoms with van der Waals surface area (Å²) < 4.78 is 5.31. The molecular formula is C27H35N3O3. The van der Waals surface area contributed by atoms with Gasteiger partial charge in [-0.25, -0.2) is 4.79 Å². The number of alkyl carbamates (subject to hydrolysis) is 1. The van der Waals surface area contributed by atoms with Crippen molar-refractivity contribution in [1.29, 1.82) is 0 Å². The monoisotopic (exact) mass is 449 g/mol. The third-order valence-corrected chi connectivity index (χ3v) is 4.62. The highest BCUT2D eigenvalue weighted by Gasteiger charge is 2.16. The predicted molar refractivity (Wildman–Crippen MR) is 132 cm³/mol. The van der Waals surface area contributed by atoms with Gasteiger partial charge in [0.15, 0.2) is 0 Å². The van der Waals surface area contributed by atoms with Crippen molar-refractivity contribution in [3.05, 3.63) is 88.3 Å². The molecule has 176 valence electrons. The molecule has 2 rings (SSSR count). The molecule has 0 unspecified atom stereocenters. The van der Waals surface area contributed by atoms with Crippen LogP contribution in [0.2, 0.25) is 0 Å². The number of rotatable bonds is 8. The minimum absolute atomic E-state index is 0.158. The van der Waals surface area contributed by atoms with Gasteiger partial charge in [0.25, 0.3) is 5.91 Å². The molecule has 0 atom stereocenters. The summed E-state index contributed by atoms with van der Waals surface area (Å²) in [5.74, 6) is -0.158. The summed E-state index contributed by atoms with van der Waals surface area (Å²) >= 11 is 0.